The second-order valence-electron chi connectivity index (χ2n) is 7.11. The van der Waals surface area contributed by atoms with Crippen LogP contribution >= 0.6 is 0 Å². The number of hydrogen-bond donors (Lipinski definition) is 1. The van der Waals surface area contributed by atoms with Crippen molar-refractivity contribution in [2.45, 2.75) is 51.6 Å². The zero-order valence-corrected chi connectivity index (χ0v) is 14.2. The summed E-state index contributed by atoms with van der Waals surface area (Å²) in [5.74, 6) is 0.426. The molecule has 1 saturated heterocycles. The molecule has 1 heterocycles. The Balaban J connectivity index is 1.57. The van der Waals surface area contributed by atoms with Gasteiger partial charge in [0.05, 0.1) is 12.0 Å². The van der Waals surface area contributed by atoms with E-state index in [2.05, 4.69) is 0 Å². The highest BCUT2D eigenvalue weighted by atomic mass is 16.5. The third-order valence-electron chi connectivity index (χ3n) is 5.13. The summed E-state index contributed by atoms with van der Waals surface area (Å²) >= 11 is 0. The normalized spacial score (nSPS) is 21.3. The lowest BCUT2D eigenvalue weighted by atomic mass is 9.73. The van der Waals surface area contributed by atoms with Crippen molar-refractivity contribution in [3.8, 4) is 5.75 Å². The molecule has 1 atom stereocenters. The number of carbonyl (C=O) groups is 2. The first-order chi connectivity index (χ1) is 11.5. The van der Waals surface area contributed by atoms with Crippen LogP contribution in [-0.4, -0.2) is 41.1 Å². The molecule has 1 aliphatic carbocycles. The highest BCUT2D eigenvalue weighted by molar-refractivity contribution is 6.05. The van der Waals surface area contributed by atoms with Crippen molar-refractivity contribution < 1.29 is 19.4 Å². The van der Waals surface area contributed by atoms with E-state index in [4.69, 9.17) is 4.74 Å². The average Bonchev–Trinajstić information content (AvgIpc) is 2.78. The standard InChI is InChI=1S/C19H25NO4/c1-14-6-5-7-16(10-14)24-13-15(21)12-20-17(22)11-19(18(20)23)8-3-2-4-9-19/h5-7,10,15,21H,2-4,8-9,11-13H2,1H3. The van der Waals surface area contributed by atoms with Gasteiger partial charge in [-0.2, -0.15) is 0 Å². The Morgan fingerprint density at radius 1 is 1.25 bits per heavy atom. The second kappa shape index (κ2) is 6.93. The number of imide groups is 1. The van der Waals surface area contributed by atoms with Crippen molar-refractivity contribution >= 4 is 11.8 Å². The summed E-state index contributed by atoms with van der Waals surface area (Å²) in [6.07, 6.45) is 4.16. The zero-order valence-electron chi connectivity index (χ0n) is 14.2. The molecule has 1 aromatic carbocycles. The van der Waals surface area contributed by atoms with Crippen LogP contribution in [0.15, 0.2) is 24.3 Å². The van der Waals surface area contributed by atoms with Gasteiger partial charge in [-0.05, 0) is 37.5 Å². The van der Waals surface area contributed by atoms with Crippen LogP contribution in [0, 0.1) is 12.3 Å². The minimum atomic E-state index is -0.878. The second-order valence-corrected chi connectivity index (χ2v) is 7.11. The molecule has 2 aliphatic rings. The summed E-state index contributed by atoms with van der Waals surface area (Å²) in [6, 6.07) is 7.56. The summed E-state index contributed by atoms with van der Waals surface area (Å²) in [7, 11) is 0. The van der Waals surface area contributed by atoms with Crippen molar-refractivity contribution in [2.75, 3.05) is 13.2 Å². The third-order valence-corrected chi connectivity index (χ3v) is 5.13. The predicted molar refractivity (Wildman–Crippen MR) is 89.5 cm³/mol. The van der Waals surface area contributed by atoms with Gasteiger partial charge in [0.2, 0.25) is 11.8 Å². The number of rotatable bonds is 5. The van der Waals surface area contributed by atoms with Gasteiger partial charge in [-0.25, -0.2) is 0 Å². The molecule has 2 amide bonds. The number of β-amino-alcohol motifs (C(OH)–C–C–N with tert-alkyl or cyclic N) is 1. The van der Waals surface area contributed by atoms with Gasteiger partial charge in [0.25, 0.3) is 0 Å². The van der Waals surface area contributed by atoms with Crippen LogP contribution in [0.25, 0.3) is 0 Å². The fourth-order valence-corrected chi connectivity index (χ4v) is 3.82. The SMILES string of the molecule is Cc1cccc(OCC(O)CN2C(=O)CC3(CCCCC3)C2=O)c1. The highest BCUT2D eigenvalue weighted by Crippen LogP contribution is 2.45. The number of aryl methyl sites for hydroxylation is 1. The molecule has 1 saturated carbocycles. The Bertz CT molecular complexity index is 622. The molecule has 1 N–H and O–H groups in total. The van der Waals surface area contributed by atoms with E-state index in [1.807, 2.05) is 31.2 Å². The van der Waals surface area contributed by atoms with Gasteiger partial charge in [0.15, 0.2) is 0 Å². The van der Waals surface area contributed by atoms with Crippen LogP contribution in [0.1, 0.15) is 44.1 Å². The lowest BCUT2D eigenvalue weighted by molar-refractivity contribution is -0.144. The predicted octanol–water partition coefficient (Wildman–Crippen LogP) is 2.44. The van der Waals surface area contributed by atoms with Crippen molar-refractivity contribution in [3.05, 3.63) is 29.8 Å². The van der Waals surface area contributed by atoms with Crippen LogP contribution in [-0.2, 0) is 9.59 Å². The topological polar surface area (TPSA) is 66.8 Å². The van der Waals surface area contributed by atoms with E-state index in [0.717, 1.165) is 37.7 Å². The summed E-state index contributed by atoms with van der Waals surface area (Å²) in [5.41, 5.74) is 0.582. The number of amides is 2. The number of nitrogens with zero attached hydrogens (tertiary/aromatic N) is 1. The van der Waals surface area contributed by atoms with Gasteiger partial charge in [0.1, 0.15) is 18.5 Å². The molecular formula is C19H25NO4. The molecule has 5 heteroatoms. The van der Waals surface area contributed by atoms with Crippen molar-refractivity contribution in [3.63, 3.8) is 0 Å². The van der Waals surface area contributed by atoms with Crippen molar-refractivity contribution in [1.82, 2.24) is 4.90 Å². The molecule has 0 bridgehead atoms. The van der Waals surface area contributed by atoms with E-state index < -0.39 is 11.5 Å². The number of aliphatic hydroxyl groups excluding tert-OH is 1. The van der Waals surface area contributed by atoms with Gasteiger partial charge in [0, 0.05) is 6.42 Å². The fourth-order valence-electron chi connectivity index (χ4n) is 3.82. The monoisotopic (exact) mass is 331 g/mol. The molecule has 1 spiro atoms. The Morgan fingerprint density at radius 2 is 2.00 bits per heavy atom. The quantitative estimate of drug-likeness (QED) is 0.842. The van der Waals surface area contributed by atoms with Crippen LogP contribution in [0.4, 0.5) is 0 Å². The largest absolute Gasteiger partial charge is 0.491 e. The maximum absolute atomic E-state index is 12.7. The molecule has 0 aromatic heterocycles. The molecular weight excluding hydrogens is 306 g/mol. The number of hydrogen-bond acceptors (Lipinski definition) is 4. The molecule has 3 rings (SSSR count). The third kappa shape index (κ3) is 3.46. The van der Waals surface area contributed by atoms with Crippen LogP contribution in [0.3, 0.4) is 0 Å². The van der Waals surface area contributed by atoms with E-state index in [1.54, 1.807) is 0 Å². The van der Waals surface area contributed by atoms with Gasteiger partial charge < -0.3 is 9.84 Å². The van der Waals surface area contributed by atoms with Gasteiger partial charge >= 0.3 is 0 Å². The first kappa shape index (κ1) is 17.0. The number of likely N-dealkylation sites (tertiary alicyclic amines) is 1. The molecule has 24 heavy (non-hydrogen) atoms. The minimum absolute atomic E-state index is 0.0191. The Kier molecular flexibility index (Phi) is 4.90. The van der Waals surface area contributed by atoms with E-state index in [0.29, 0.717) is 12.2 Å². The lowest BCUT2D eigenvalue weighted by Crippen LogP contribution is -2.42. The maximum Gasteiger partial charge on any atom is 0.235 e. The highest BCUT2D eigenvalue weighted by Gasteiger charge is 2.51. The van der Waals surface area contributed by atoms with Gasteiger partial charge in [-0.1, -0.05) is 31.4 Å². The van der Waals surface area contributed by atoms with E-state index >= 15 is 0 Å². The first-order valence-corrected chi connectivity index (χ1v) is 8.72. The van der Waals surface area contributed by atoms with E-state index in [9.17, 15) is 14.7 Å². The van der Waals surface area contributed by atoms with Crippen LogP contribution in [0.2, 0.25) is 0 Å². The number of carbonyl (C=O) groups excluding carboxylic acids is 2. The Hall–Kier alpha value is -1.88. The van der Waals surface area contributed by atoms with E-state index in [-0.39, 0.29) is 25.0 Å². The Morgan fingerprint density at radius 3 is 2.71 bits per heavy atom. The van der Waals surface area contributed by atoms with E-state index in [1.165, 1.54) is 4.90 Å². The molecule has 1 aromatic rings. The summed E-state index contributed by atoms with van der Waals surface area (Å²) in [5, 5.41) is 10.2. The number of ether oxygens (including phenoxy) is 1. The molecule has 130 valence electrons. The Labute approximate surface area is 142 Å². The summed E-state index contributed by atoms with van der Waals surface area (Å²) in [4.78, 5) is 26.2. The average molecular weight is 331 g/mol. The van der Waals surface area contributed by atoms with Crippen molar-refractivity contribution in [2.24, 2.45) is 5.41 Å². The smallest absolute Gasteiger partial charge is 0.235 e. The van der Waals surface area contributed by atoms with Crippen molar-refractivity contribution in [1.29, 1.82) is 0 Å². The number of benzene rings is 1. The minimum Gasteiger partial charge on any atom is -0.491 e. The molecule has 5 nitrogen and oxygen atoms in total. The lowest BCUT2D eigenvalue weighted by Gasteiger charge is -2.30. The summed E-state index contributed by atoms with van der Waals surface area (Å²) in [6.45, 7) is 2.05. The first-order valence-electron chi connectivity index (χ1n) is 8.72. The molecule has 1 aliphatic heterocycles. The summed E-state index contributed by atoms with van der Waals surface area (Å²) < 4.78 is 5.57. The number of aliphatic hydroxyl groups is 1. The van der Waals surface area contributed by atoms with Gasteiger partial charge in [-0.15, -0.1) is 0 Å². The van der Waals surface area contributed by atoms with Gasteiger partial charge in [-0.3, -0.25) is 14.5 Å². The van der Waals surface area contributed by atoms with Crippen LogP contribution < -0.4 is 4.74 Å². The maximum atomic E-state index is 12.7. The zero-order chi connectivity index (χ0) is 17.2. The van der Waals surface area contributed by atoms with Crippen LogP contribution in [0.5, 0.6) is 5.75 Å². The molecule has 0 radical (unpaired) electrons. The fraction of sp³-hybridized carbons (Fsp3) is 0.579. The molecule has 1 unspecified atom stereocenters. The molecule has 2 fully saturated rings.